The largest absolute Gasteiger partial charge is 0.382 e. The summed E-state index contributed by atoms with van der Waals surface area (Å²) in [6, 6.07) is -4.45. The molecule has 0 aliphatic carbocycles. The average Bonchev–Trinajstić information content (AvgIpc) is 0.877. The number of ether oxygens (including phenoxy) is 2. The molecule has 0 saturated heterocycles. The summed E-state index contributed by atoms with van der Waals surface area (Å²) in [6.07, 6.45) is 18.0. The first-order valence-electron chi connectivity index (χ1n) is 40.4. The maximum Gasteiger partial charge on any atom is 0.243 e. The summed E-state index contributed by atoms with van der Waals surface area (Å²) < 4.78 is 10.9. The number of amides is 5. The number of carbonyl (C=O) groups excluding carboxylic acids is 7. The zero-order valence-electron chi connectivity index (χ0n) is 71.0. The highest BCUT2D eigenvalue weighted by Crippen LogP contribution is 2.24. The van der Waals surface area contributed by atoms with Gasteiger partial charge in [-0.25, -0.2) is 0 Å². The van der Waals surface area contributed by atoms with Gasteiger partial charge in [0, 0.05) is 78.4 Å². The molecule has 0 aromatic heterocycles. The molecule has 7 atom stereocenters. The van der Waals surface area contributed by atoms with Crippen molar-refractivity contribution in [3.05, 3.63) is 0 Å². The second-order valence-electron chi connectivity index (χ2n) is 38.0. The lowest BCUT2D eigenvalue weighted by atomic mass is 9.89. The molecule has 0 aliphatic rings. The van der Waals surface area contributed by atoms with E-state index in [0.717, 1.165) is 96.7 Å². The van der Waals surface area contributed by atoms with Gasteiger partial charge >= 0.3 is 0 Å². The molecule has 0 spiro atoms. The van der Waals surface area contributed by atoms with Crippen LogP contribution in [-0.2, 0) is 43.0 Å². The van der Waals surface area contributed by atoms with E-state index >= 15 is 0 Å². The highest BCUT2D eigenvalue weighted by atomic mass is 16.5. The molecule has 0 aromatic carbocycles. The van der Waals surface area contributed by atoms with Crippen molar-refractivity contribution >= 4 is 41.1 Å². The van der Waals surface area contributed by atoms with E-state index in [1.54, 1.807) is 7.11 Å². The third-order valence-electron chi connectivity index (χ3n) is 17.4. The number of carbonyl (C=O) groups is 7. The quantitative estimate of drug-likeness (QED) is 0.0252. The molecule has 0 aromatic rings. The molecular weight excluding hydrogens is 1300 g/mol. The van der Waals surface area contributed by atoms with Crippen LogP contribution in [0.5, 0.6) is 0 Å². The molecule has 0 heterocycles. The van der Waals surface area contributed by atoms with Crippen molar-refractivity contribution in [3.8, 4) is 0 Å². The molecule has 0 saturated carbocycles. The number of hydrogen-bond acceptors (Lipinski definition) is 16. The second-order valence-corrected chi connectivity index (χ2v) is 38.0. The van der Waals surface area contributed by atoms with E-state index in [1.165, 1.54) is 0 Å². The first-order valence-corrected chi connectivity index (χ1v) is 40.4. The molecule has 7 unspecified atom stereocenters. The van der Waals surface area contributed by atoms with Gasteiger partial charge in [0.1, 0.15) is 17.9 Å². The average molecular weight is 1460 g/mol. The molecule has 0 fully saturated rings. The van der Waals surface area contributed by atoms with Crippen molar-refractivity contribution in [2.45, 2.75) is 421 Å². The molecule has 12 N–H and O–H groups in total. The third-order valence-corrected chi connectivity index (χ3v) is 17.4. The molecular formula is C82H164N12O9. The molecule has 0 aliphatic heterocycles. The smallest absolute Gasteiger partial charge is 0.243 e. The number of Topliss-reactive ketones (excluding diaryl/α,β-unsaturated/α-hetero) is 2. The first-order chi connectivity index (χ1) is 47.5. The molecule has 0 radical (unpaired) electrons. The SMILES string of the molecule is COCCOCCCC(=O)C(CCCCNC(=O)C(CCCCCC(=O)C(CCCCNC(C)(C)C)NC(C)(C)C)NC(=O)C(CCCCNC(C)(C)C)NC(C)(C)C)NC(=O)C(CCCCNC(=O)C(CCCCCC(C)(C)C)NC(C)(C)C)NC(=O)C(CCCCNC(C)(C)C)NC(C)(C)C. The summed E-state index contributed by atoms with van der Waals surface area (Å²) >= 11 is 0. The summed E-state index contributed by atoms with van der Waals surface area (Å²) in [5.74, 6) is -1.32. The van der Waals surface area contributed by atoms with E-state index in [9.17, 15) is 33.6 Å². The maximum absolute atomic E-state index is 14.9. The molecule has 21 heteroatoms. The Labute approximate surface area is 630 Å². The van der Waals surface area contributed by atoms with Gasteiger partial charge in [-0.05, 0) is 280 Å². The number of unbranched alkanes of at least 4 members (excludes halogenated alkanes) is 9. The zero-order chi connectivity index (χ0) is 78.7. The summed E-state index contributed by atoms with van der Waals surface area (Å²) in [5, 5.41) is 40.5. The van der Waals surface area contributed by atoms with Gasteiger partial charge in [0.2, 0.25) is 29.5 Å². The van der Waals surface area contributed by atoms with Crippen LogP contribution in [0.15, 0.2) is 0 Å². The first kappa shape index (κ1) is 99.3. The Bertz CT molecular complexity index is 2330. The minimum absolute atomic E-state index is 0.0230. The van der Waals surface area contributed by atoms with Crippen LogP contribution in [0.3, 0.4) is 0 Å². The van der Waals surface area contributed by atoms with Crippen molar-refractivity contribution in [1.29, 1.82) is 0 Å². The van der Waals surface area contributed by atoms with E-state index in [4.69, 9.17) is 9.47 Å². The second kappa shape index (κ2) is 50.9. The van der Waals surface area contributed by atoms with Gasteiger partial charge in [-0.2, -0.15) is 0 Å². The highest BCUT2D eigenvalue weighted by molar-refractivity contribution is 5.94. The molecule has 606 valence electrons. The predicted octanol–water partition coefficient (Wildman–Crippen LogP) is 12.2. The highest BCUT2D eigenvalue weighted by Gasteiger charge is 2.33. The summed E-state index contributed by atoms with van der Waals surface area (Å²) in [5.41, 5.74) is -1.05. The topological polar surface area (TPSA) is 282 Å². The molecule has 0 rings (SSSR count). The number of ketones is 2. The molecule has 0 bridgehead atoms. The fourth-order valence-corrected chi connectivity index (χ4v) is 12.3. The molecule has 5 amide bonds. The van der Waals surface area contributed by atoms with Gasteiger partial charge in [-0.15, -0.1) is 0 Å². The maximum atomic E-state index is 14.9. The van der Waals surface area contributed by atoms with E-state index in [-0.39, 0.29) is 112 Å². The van der Waals surface area contributed by atoms with Crippen LogP contribution >= 0.6 is 0 Å². The van der Waals surface area contributed by atoms with E-state index < -0.39 is 41.7 Å². The lowest BCUT2D eigenvalue weighted by molar-refractivity contribution is -0.132. The Balaban J connectivity index is 6.92. The molecule has 21 nitrogen and oxygen atoms in total. The minimum Gasteiger partial charge on any atom is -0.382 e. The van der Waals surface area contributed by atoms with Gasteiger partial charge in [-0.1, -0.05) is 72.1 Å². The van der Waals surface area contributed by atoms with Crippen LogP contribution in [0.4, 0.5) is 0 Å². The van der Waals surface area contributed by atoms with E-state index in [2.05, 4.69) is 188 Å². The third kappa shape index (κ3) is 59.0. The van der Waals surface area contributed by atoms with Gasteiger partial charge in [0.05, 0.1) is 43.4 Å². The number of hydrogen-bond donors (Lipinski definition) is 12. The van der Waals surface area contributed by atoms with Crippen LogP contribution in [-0.4, -0.2) is 182 Å². The lowest BCUT2D eigenvalue weighted by Gasteiger charge is -2.30. The Kier molecular flexibility index (Phi) is 49.0. The number of rotatable bonds is 57. The Morgan fingerprint density at radius 2 is 0.563 bits per heavy atom. The summed E-state index contributed by atoms with van der Waals surface area (Å²) in [6.45, 7) is 55.0. The Morgan fingerprint density at radius 3 is 0.951 bits per heavy atom. The van der Waals surface area contributed by atoms with Gasteiger partial charge in [0.25, 0.3) is 0 Å². The van der Waals surface area contributed by atoms with Crippen molar-refractivity contribution in [3.63, 3.8) is 0 Å². The van der Waals surface area contributed by atoms with E-state index in [1.807, 2.05) is 41.5 Å². The normalized spacial score (nSPS) is 15.0. The van der Waals surface area contributed by atoms with Crippen LogP contribution in [0.1, 0.15) is 340 Å². The van der Waals surface area contributed by atoms with Crippen LogP contribution in [0.25, 0.3) is 0 Å². The standard InChI is InChI=1S/C82H164N12O9/c1-75(2,3)52-36-27-29-47-65(92-80(16,17)18)71(98)84-54-38-32-46-64(90-74(101)67(94-82(22,23)24)49-35-41-57-87-78(10,11)12)72(99)88-61(68(95)51-42-58-103-60-59-102-25)43-31-37-53-83-70(97)63(89-73(100)66(93-81(19,20)21)48-34-40-56-86-77(7,8)9)45-28-26-30-50-69(96)62(91-79(13,14)15)44-33-39-55-85-76(4,5)6/h61-67,85-87,91-94H,26-60H2,1-25H3,(H,83,97)(H,84,98)(H,88,99)(H,89,100)(H,90,101). The van der Waals surface area contributed by atoms with Crippen molar-refractivity contribution in [2.75, 3.05) is 59.7 Å². The Hall–Kier alpha value is -3.67. The van der Waals surface area contributed by atoms with Crippen LogP contribution in [0.2, 0.25) is 0 Å². The van der Waals surface area contributed by atoms with Gasteiger partial charge in [-0.3, -0.25) is 33.6 Å². The zero-order valence-corrected chi connectivity index (χ0v) is 71.0. The summed E-state index contributed by atoms with van der Waals surface area (Å²) in [7, 11) is 1.60. The predicted molar refractivity (Wildman–Crippen MR) is 429 cm³/mol. The minimum atomic E-state index is -0.986. The van der Waals surface area contributed by atoms with Crippen LogP contribution in [0, 0.1) is 5.41 Å². The molecule has 103 heavy (non-hydrogen) atoms. The van der Waals surface area contributed by atoms with Gasteiger partial charge < -0.3 is 73.3 Å². The fraction of sp³-hybridized carbons (Fsp3) is 0.915. The number of methoxy groups -OCH3 is 1. The van der Waals surface area contributed by atoms with Gasteiger partial charge in [0.15, 0.2) is 5.78 Å². The van der Waals surface area contributed by atoms with E-state index in [0.29, 0.717) is 103 Å². The van der Waals surface area contributed by atoms with Crippen molar-refractivity contribution in [2.24, 2.45) is 5.41 Å². The lowest BCUT2D eigenvalue weighted by Crippen LogP contribution is -2.57. The fourth-order valence-electron chi connectivity index (χ4n) is 12.3. The number of nitrogens with one attached hydrogen (secondary N) is 12. The summed E-state index contributed by atoms with van der Waals surface area (Å²) in [4.78, 5) is 100. The van der Waals surface area contributed by atoms with Crippen LogP contribution < -0.4 is 63.8 Å². The Morgan fingerprint density at radius 1 is 0.272 bits per heavy atom. The van der Waals surface area contributed by atoms with Crippen molar-refractivity contribution in [1.82, 2.24) is 63.8 Å². The monoisotopic (exact) mass is 1460 g/mol. The van der Waals surface area contributed by atoms with Crippen molar-refractivity contribution < 1.29 is 43.0 Å².